The van der Waals surface area contributed by atoms with Gasteiger partial charge in [0.05, 0.1) is 6.54 Å². The van der Waals surface area contributed by atoms with Crippen molar-refractivity contribution in [3.63, 3.8) is 0 Å². The molecule has 0 spiro atoms. The number of hydrogen-bond donors (Lipinski definition) is 3. The SMILES string of the molecule is CN=C(NCCNC(=O)c1cccc(Br)c1)NCc1ncnn1C. The molecule has 2 aromatic rings. The summed E-state index contributed by atoms with van der Waals surface area (Å²) in [5.41, 5.74) is 0.620. The molecular weight excluding hydrogens is 374 g/mol. The second kappa shape index (κ2) is 9.02. The fourth-order valence-electron chi connectivity index (χ4n) is 1.95. The molecule has 0 bridgehead atoms. The van der Waals surface area contributed by atoms with Crippen LogP contribution in [0.1, 0.15) is 16.2 Å². The van der Waals surface area contributed by atoms with E-state index in [1.165, 1.54) is 6.33 Å². The number of rotatable bonds is 6. The molecule has 1 heterocycles. The van der Waals surface area contributed by atoms with E-state index in [9.17, 15) is 4.79 Å². The summed E-state index contributed by atoms with van der Waals surface area (Å²) >= 11 is 3.35. The summed E-state index contributed by atoms with van der Waals surface area (Å²) in [5.74, 6) is 1.33. The van der Waals surface area contributed by atoms with Gasteiger partial charge in [0, 0.05) is 37.2 Å². The minimum absolute atomic E-state index is 0.111. The van der Waals surface area contributed by atoms with Gasteiger partial charge in [-0.3, -0.25) is 14.5 Å². The standard InChI is InChI=1S/C15H20BrN7O/c1-17-15(20-9-13-21-10-22-23(13)2)19-7-6-18-14(24)11-4-3-5-12(16)8-11/h3-5,8,10H,6-7,9H2,1-2H3,(H,18,24)(H2,17,19,20). The first-order chi connectivity index (χ1) is 11.6. The van der Waals surface area contributed by atoms with Crippen molar-refractivity contribution in [1.29, 1.82) is 0 Å². The van der Waals surface area contributed by atoms with Crippen molar-refractivity contribution >= 4 is 27.8 Å². The highest BCUT2D eigenvalue weighted by molar-refractivity contribution is 9.10. The number of nitrogens with zero attached hydrogens (tertiary/aromatic N) is 4. The zero-order valence-electron chi connectivity index (χ0n) is 13.6. The third-order valence-electron chi connectivity index (χ3n) is 3.23. The monoisotopic (exact) mass is 393 g/mol. The molecule has 0 atom stereocenters. The van der Waals surface area contributed by atoms with E-state index in [0.717, 1.165) is 10.3 Å². The van der Waals surface area contributed by atoms with E-state index >= 15 is 0 Å². The summed E-state index contributed by atoms with van der Waals surface area (Å²) in [4.78, 5) is 20.3. The van der Waals surface area contributed by atoms with Gasteiger partial charge < -0.3 is 16.0 Å². The summed E-state index contributed by atoms with van der Waals surface area (Å²) in [5, 5.41) is 13.1. The number of hydrogen-bond acceptors (Lipinski definition) is 4. The molecule has 0 unspecified atom stereocenters. The number of carbonyl (C=O) groups excluding carboxylic acids is 1. The first kappa shape index (κ1) is 17.9. The highest BCUT2D eigenvalue weighted by atomic mass is 79.9. The Morgan fingerprint density at radius 3 is 2.75 bits per heavy atom. The largest absolute Gasteiger partial charge is 0.355 e. The minimum Gasteiger partial charge on any atom is -0.355 e. The maximum atomic E-state index is 12.0. The van der Waals surface area contributed by atoms with Crippen LogP contribution in [0.4, 0.5) is 0 Å². The lowest BCUT2D eigenvalue weighted by molar-refractivity contribution is 0.0954. The molecule has 0 saturated carbocycles. The molecular formula is C15H20BrN7O. The van der Waals surface area contributed by atoms with E-state index in [4.69, 9.17) is 0 Å². The third-order valence-corrected chi connectivity index (χ3v) is 3.73. The zero-order chi connectivity index (χ0) is 17.4. The Labute approximate surface area is 148 Å². The van der Waals surface area contributed by atoms with Crippen LogP contribution in [0.3, 0.4) is 0 Å². The molecule has 2 rings (SSSR count). The molecule has 0 aliphatic rings. The Morgan fingerprint density at radius 1 is 1.29 bits per heavy atom. The number of halogens is 1. The van der Waals surface area contributed by atoms with Crippen LogP contribution in [-0.4, -0.2) is 46.8 Å². The van der Waals surface area contributed by atoms with Crippen LogP contribution >= 0.6 is 15.9 Å². The number of aromatic nitrogens is 3. The quantitative estimate of drug-likeness (QED) is 0.380. The van der Waals surface area contributed by atoms with Crippen molar-refractivity contribution in [2.24, 2.45) is 12.0 Å². The highest BCUT2D eigenvalue weighted by Gasteiger charge is 2.05. The van der Waals surface area contributed by atoms with Crippen LogP contribution in [0.2, 0.25) is 0 Å². The molecule has 24 heavy (non-hydrogen) atoms. The van der Waals surface area contributed by atoms with Crippen molar-refractivity contribution < 1.29 is 4.79 Å². The Hall–Kier alpha value is -2.42. The summed E-state index contributed by atoms with van der Waals surface area (Å²) in [6, 6.07) is 7.26. The highest BCUT2D eigenvalue weighted by Crippen LogP contribution is 2.11. The lowest BCUT2D eigenvalue weighted by Gasteiger charge is -2.12. The summed E-state index contributed by atoms with van der Waals surface area (Å²) < 4.78 is 2.57. The van der Waals surface area contributed by atoms with Crippen molar-refractivity contribution in [1.82, 2.24) is 30.7 Å². The third kappa shape index (κ3) is 5.34. The first-order valence-electron chi connectivity index (χ1n) is 7.41. The number of aryl methyl sites for hydroxylation is 1. The number of nitrogens with one attached hydrogen (secondary N) is 3. The molecule has 0 radical (unpaired) electrons. The molecule has 0 fully saturated rings. The van der Waals surface area contributed by atoms with E-state index in [-0.39, 0.29) is 5.91 Å². The van der Waals surface area contributed by atoms with Gasteiger partial charge in [0.15, 0.2) is 5.96 Å². The molecule has 1 amide bonds. The van der Waals surface area contributed by atoms with E-state index in [1.54, 1.807) is 23.9 Å². The van der Waals surface area contributed by atoms with Crippen molar-refractivity contribution in [3.8, 4) is 0 Å². The summed E-state index contributed by atoms with van der Waals surface area (Å²) in [7, 11) is 3.52. The molecule has 0 aliphatic carbocycles. The maximum Gasteiger partial charge on any atom is 0.251 e. The van der Waals surface area contributed by atoms with E-state index < -0.39 is 0 Å². The molecule has 3 N–H and O–H groups in total. The van der Waals surface area contributed by atoms with Gasteiger partial charge in [-0.05, 0) is 18.2 Å². The Morgan fingerprint density at radius 2 is 2.08 bits per heavy atom. The smallest absolute Gasteiger partial charge is 0.251 e. The fourth-order valence-corrected chi connectivity index (χ4v) is 2.35. The average molecular weight is 394 g/mol. The molecule has 128 valence electrons. The minimum atomic E-state index is -0.111. The topological polar surface area (TPSA) is 96.2 Å². The van der Waals surface area contributed by atoms with E-state index in [2.05, 4.69) is 47.0 Å². The van der Waals surface area contributed by atoms with Gasteiger partial charge in [-0.2, -0.15) is 5.10 Å². The first-order valence-corrected chi connectivity index (χ1v) is 8.20. The van der Waals surface area contributed by atoms with Crippen LogP contribution < -0.4 is 16.0 Å². The molecule has 0 saturated heterocycles. The lowest BCUT2D eigenvalue weighted by Crippen LogP contribution is -2.41. The predicted octanol–water partition coefficient (Wildman–Crippen LogP) is 0.673. The van der Waals surface area contributed by atoms with Crippen LogP contribution in [0, 0.1) is 0 Å². The van der Waals surface area contributed by atoms with Crippen LogP contribution in [-0.2, 0) is 13.6 Å². The zero-order valence-corrected chi connectivity index (χ0v) is 15.2. The average Bonchev–Trinajstić information content (AvgIpc) is 2.99. The van der Waals surface area contributed by atoms with Gasteiger partial charge in [-0.1, -0.05) is 22.0 Å². The van der Waals surface area contributed by atoms with Gasteiger partial charge in [0.2, 0.25) is 0 Å². The van der Waals surface area contributed by atoms with Gasteiger partial charge >= 0.3 is 0 Å². The van der Waals surface area contributed by atoms with Gasteiger partial charge in [-0.25, -0.2) is 4.98 Å². The number of aliphatic imine (C=N–C) groups is 1. The maximum absolute atomic E-state index is 12.0. The van der Waals surface area contributed by atoms with Crippen molar-refractivity contribution in [2.75, 3.05) is 20.1 Å². The molecule has 9 heteroatoms. The van der Waals surface area contributed by atoms with Crippen LogP contribution in [0.5, 0.6) is 0 Å². The second-order valence-corrected chi connectivity index (χ2v) is 5.83. The Kier molecular flexibility index (Phi) is 6.74. The van der Waals surface area contributed by atoms with Crippen molar-refractivity contribution in [3.05, 3.63) is 46.5 Å². The van der Waals surface area contributed by atoms with Crippen LogP contribution in [0.25, 0.3) is 0 Å². The fraction of sp³-hybridized carbons (Fsp3) is 0.333. The number of benzene rings is 1. The van der Waals surface area contributed by atoms with E-state index in [1.807, 2.05) is 19.2 Å². The van der Waals surface area contributed by atoms with Gasteiger partial charge in [0.25, 0.3) is 5.91 Å². The molecule has 0 aliphatic heterocycles. The number of guanidine groups is 1. The summed E-state index contributed by atoms with van der Waals surface area (Å²) in [6.07, 6.45) is 1.50. The molecule has 1 aromatic carbocycles. The van der Waals surface area contributed by atoms with Gasteiger partial charge in [-0.15, -0.1) is 0 Å². The van der Waals surface area contributed by atoms with Crippen LogP contribution in [0.15, 0.2) is 40.1 Å². The number of carbonyl (C=O) groups is 1. The normalized spacial score (nSPS) is 11.2. The molecule has 1 aromatic heterocycles. The second-order valence-electron chi connectivity index (χ2n) is 4.92. The Bertz CT molecular complexity index is 713. The summed E-state index contributed by atoms with van der Waals surface area (Å²) in [6.45, 7) is 1.55. The lowest BCUT2D eigenvalue weighted by atomic mass is 10.2. The Balaban J connectivity index is 1.70. The molecule has 8 nitrogen and oxygen atoms in total. The van der Waals surface area contributed by atoms with Gasteiger partial charge in [0.1, 0.15) is 12.2 Å². The predicted molar refractivity (Wildman–Crippen MR) is 95.7 cm³/mol. The van der Waals surface area contributed by atoms with Crippen molar-refractivity contribution in [2.45, 2.75) is 6.54 Å². The van der Waals surface area contributed by atoms with E-state index in [0.29, 0.717) is 31.2 Å². The number of amides is 1.